The Morgan fingerprint density at radius 1 is 1.07 bits per heavy atom. The number of nitrogens with one attached hydrogen (secondary N) is 1. The summed E-state index contributed by atoms with van der Waals surface area (Å²) >= 11 is 0. The van der Waals surface area contributed by atoms with E-state index in [1.54, 1.807) is 0 Å². The number of aryl methyl sites for hydroxylation is 1. The van der Waals surface area contributed by atoms with Crippen molar-refractivity contribution in [1.29, 1.82) is 0 Å². The van der Waals surface area contributed by atoms with Crippen LogP contribution in [0.4, 0.5) is 5.69 Å². The van der Waals surface area contributed by atoms with E-state index in [2.05, 4.69) is 22.3 Å². The Hall–Kier alpha value is -2.37. The van der Waals surface area contributed by atoms with Gasteiger partial charge in [0, 0.05) is 38.2 Å². The fourth-order valence-electron chi connectivity index (χ4n) is 4.27. The molecule has 154 valence electrons. The van der Waals surface area contributed by atoms with Gasteiger partial charge in [-0.15, -0.1) is 0 Å². The number of hydrogen-bond acceptors (Lipinski definition) is 4. The van der Waals surface area contributed by atoms with Crippen LogP contribution in [0.2, 0.25) is 0 Å². The summed E-state index contributed by atoms with van der Waals surface area (Å²) in [5.41, 5.74) is 2.69. The number of likely N-dealkylation sites (tertiary alicyclic amines) is 1. The third kappa shape index (κ3) is 5.37. The van der Waals surface area contributed by atoms with Crippen LogP contribution in [0.1, 0.15) is 36.8 Å². The van der Waals surface area contributed by atoms with Crippen molar-refractivity contribution in [2.45, 2.75) is 44.1 Å². The molecule has 0 radical (unpaired) electrons. The molecule has 0 saturated carbocycles. The molecular formula is C24H30N2O3. The van der Waals surface area contributed by atoms with Gasteiger partial charge in [0.1, 0.15) is 5.75 Å². The molecule has 0 aliphatic carbocycles. The first-order valence-corrected chi connectivity index (χ1v) is 10.6. The molecule has 1 saturated heterocycles. The molecule has 2 heterocycles. The number of piperidine rings is 1. The molecular weight excluding hydrogens is 364 g/mol. The zero-order valence-electron chi connectivity index (χ0n) is 16.9. The standard InChI is InChI=1S/C24H30N2O3/c27-23-10-7-20-17-21(8-9-22(20)25-23)29-16-4-13-26-14-11-24(28,12-15-26)18-19-5-2-1-3-6-19/h1-3,5-6,8-9,17,28H,4,7,10-16,18H2,(H,25,27). The molecule has 1 fully saturated rings. The Bertz CT molecular complexity index is 829. The molecule has 1 amide bonds. The quantitative estimate of drug-likeness (QED) is 0.707. The smallest absolute Gasteiger partial charge is 0.224 e. The third-order valence-corrected chi connectivity index (χ3v) is 6.02. The van der Waals surface area contributed by atoms with Crippen molar-refractivity contribution in [3.8, 4) is 5.75 Å². The molecule has 0 bridgehead atoms. The monoisotopic (exact) mass is 394 g/mol. The summed E-state index contributed by atoms with van der Waals surface area (Å²) in [7, 11) is 0. The molecule has 0 aromatic heterocycles. The van der Waals surface area contributed by atoms with Gasteiger partial charge in [-0.25, -0.2) is 0 Å². The van der Waals surface area contributed by atoms with Crippen molar-refractivity contribution < 1.29 is 14.6 Å². The van der Waals surface area contributed by atoms with Crippen LogP contribution in [0.3, 0.4) is 0 Å². The summed E-state index contributed by atoms with van der Waals surface area (Å²) in [4.78, 5) is 13.9. The zero-order chi connectivity index (χ0) is 20.1. The van der Waals surface area contributed by atoms with E-state index in [9.17, 15) is 9.90 Å². The lowest BCUT2D eigenvalue weighted by molar-refractivity contribution is -0.116. The summed E-state index contributed by atoms with van der Waals surface area (Å²) in [5.74, 6) is 0.958. The number of hydrogen-bond donors (Lipinski definition) is 2. The number of benzene rings is 2. The molecule has 2 aromatic carbocycles. The maximum Gasteiger partial charge on any atom is 0.224 e. The van der Waals surface area contributed by atoms with Crippen molar-refractivity contribution >= 4 is 11.6 Å². The Kier molecular flexibility index (Phi) is 6.16. The van der Waals surface area contributed by atoms with Gasteiger partial charge in [-0.05, 0) is 55.0 Å². The van der Waals surface area contributed by atoms with Crippen molar-refractivity contribution in [2.24, 2.45) is 0 Å². The lowest BCUT2D eigenvalue weighted by atomic mass is 9.85. The van der Waals surface area contributed by atoms with Gasteiger partial charge in [0.2, 0.25) is 5.91 Å². The largest absolute Gasteiger partial charge is 0.494 e. The van der Waals surface area contributed by atoms with Gasteiger partial charge >= 0.3 is 0 Å². The van der Waals surface area contributed by atoms with E-state index in [0.717, 1.165) is 68.7 Å². The average molecular weight is 395 g/mol. The molecule has 2 aromatic rings. The van der Waals surface area contributed by atoms with E-state index in [-0.39, 0.29) is 5.91 Å². The number of carbonyl (C=O) groups excluding carboxylic acids is 1. The molecule has 2 aliphatic rings. The summed E-state index contributed by atoms with van der Waals surface area (Å²) in [5, 5.41) is 13.8. The second kappa shape index (κ2) is 8.97. The number of amides is 1. The highest BCUT2D eigenvalue weighted by Gasteiger charge is 2.32. The Labute approximate surface area is 172 Å². The fraction of sp³-hybridized carbons (Fsp3) is 0.458. The van der Waals surface area contributed by atoms with E-state index in [4.69, 9.17) is 4.74 Å². The maximum atomic E-state index is 11.4. The van der Waals surface area contributed by atoms with Crippen LogP contribution in [-0.4, -0.2) is 47.8 Å². The minimum atomic E-state index is -0.576. The minimum Gasteiger partial charge on any atom is -0.494 e. The van der Waals surface area contributed by atoms with Gasteiger partial charge in [-0.2, -0.15) is 0 Å². The molecule has 29 heavy (non-hydrogen) atoms. The van der Waals surface area contributed by atoms with Crippen LogP contribution in [0.25, 0.3) is 0 Å². The predicted molar refractivity (Wildman–Crippen MR) is 114 cm³/mol. The highest BCUT2D eigenvalue weighted by molar-refractivity contribution is 5.93. The van der Waals surface area contributed by atoms with Gasteiger partial charge < -0.3 is 20.1 Å². The van der Waals surface area contributed by atoms with Crippen LogP contribution in [0.15, 0.2) is 48.5 Å². The molecule has 0 unspecified atom stereocenters. The highest BCUT2D eigenvalue weighted by atomic mass is 16.5. The highest BCUT2D eigenvalue weighted by Crippen LogP contribution is 2.28. The van der Waals surface area contributed by atoms with Gasteiger partial charge in [-0.1, -0.05) is 30.3 Å². The summed E-state index contributed by atoms with van der Waals surface area (Å²) in [6, 6.07) is 16.2. The average Bonchev–Trinajstić information content (AvgIpc) is 2.73. The molecule has 2 N–H and O–H groups in total. The van der Waals surface area contributed by atoms with Crippen LogP contribution in [0.5, 0.6) is 5.75 Å². The number of nitrogens with zero attached hydrogens (tertiary/aromatic N) is 1. The van der Waals surface area contributed by atoms with E-state index in [1.165, 1.54) is 5.56 Å². The second-order valence-corrected chi connectivity index (χ2v) is 8.30. The number of fused-ring (bicyclic) bond motifs is 1. The Morgan fingerprint density at radius 3 is 2.66 bits per heavy atom. The topological polar surface area (TPSA) is 61.8 Å². The number of carbonyl (C=O) groups is 1. The van der Waals surface area contributed by atoms with Gasteiger partial charge in [-0.3, -0.25) is 4.79 Å². The van der Waals surface area contributed by atoms with Crippen LogP contribution in [-0.2, 0) is 17.6 Å². The fourth-order valence-corrected chi connectivity index (χ4v) is 4.27. The normalized spacial score (nSPS) is 18.7. The lowest BCUT2D eigenvalue weighted by Gasteiger charge is -2.38. The molecule has 2 aliphatic heterocycles. The first-order valence-electron chi connectivity index (χ1n) is 10.6. The summed E-state index contributed by atoms with van der Waals surface area (Å²) < 4.78 is 5.92. The number of anilines is 1. The Balaban J connectivity index is 1.17. The number of ether oxygens (including phenoxy) is 1. The van der Waals surface area contributed by atoms with E-state index in [0.29, 0.717) is 13.0 Å². The van der Waals surface area contributed by atoms with Crippen molar-refractivity contribution in [3.05, 3.63) is 59.7 Å². The molecule has 0 atom stereocenters. The van der Waals surface area contributed by atoms with Crippen LogP contribution in [0, 0.1) is 0 Å². The van der Waals surface area contributed by atoms with E-state index < -0.39 is 5.60 Å². The third-order valence-electron chi connectivity index (χ3n) is 6.02. The predicted octanol–water partition coefficient (Wildman–Crippen LogP) is 3.41. The summed E-state index contributed by atoms with van der Waals surface area (Å²) in [6.07, 6.45) is 4.66. The molecule has 4 rings (SSSR count). The second-order valence-electron chi connectivity index (χ2n) is 8.30. The summed E-state index contributed by atoms with van der Waals surface area (Å²) in [6.45, 7) is 3.53. The molecule has 0 spiro atoms. The molecule has 5 nitrogen and oxygen atoms in total. The van der Waals surface area contributed by atoms with Crippen molar-refractivity contribution in [1.82, 2.24) is 4.90 Å². The zero-order valence-corrected chi connectivity index (χ0v) is 16.9. The van der Waals surface area contributed by atoms with E-state index in [1.807, 2.05) is 36.4 Å². The maximum absolute atomic E-state index is 11.4. The van der Waals surface area contributed by atoms with Gasteiger partial charge in [0.05, 0.1) is 12.2 Å². The first kappa shape index (κ1) is 19.9. The van der Waals surface area contributed by atoms with Gasteiger partial charge in [0.15, 0.2) is 0 Å². The van der Waals surface area contributed by atoms with Crippen LogP contribution < -0.4 is 10.1 Å². The lowest BCUT2D eigenvalue weighted by Crippen LogP contribution is -2.46. The number of rotatable bonds is 7. The van der Waals surface area contributed by atoms with Gasteiger partial charge in [0.25, 0.3) is 0 Å². The van der Waals surface area contributed by atoms with Crippen LogP contribution >= 0.6 is 0 Å². The van der Waals surface area contributed by atoms with Crippen molar-refractivity contribution in [3.63, 3.8) is 0 Å². The SMILES string of the molecule is O=C1CCc2cc(OCCCN3CCC(O)(Cc4ccccc4)CC3)ccc2N1. The van der Waals surface area contributed by atoms with Crippen molar-refractivity contribution in [2.75, 3.05) is 31.6 Å². The number of aliphatic hydroxyl groups is 1. The first-order chi connectivity index (χ1) is 14.1. The minimum absolute atomic E-state index is 0.0865. The molecule has 5 heteroatoms. The van der Waals surface area contributed by atoms with E-state index >= 15 is 0 Å². The Morgan fingerprint density at radius 2 is 1.86 bits per heavy atom.